The summed E-state index contributed by atoms with van der Waals surface area (Å²) in [6.45, 7) is 0. The molecule has 0 N–H and O–H groups in total. The van der Waals surface area contributed by atoms with Crippen LogP contribution in [0, 0.1) is 0 Å². The van der Waals surface area contributed by atoms with Crippen molar-refractivity contribution >= 4 is 5.78 Å². The topological polar surface area (TPSA) is 60.7 Å². The Morgan fingerprint density at radius 1 is 0.727 bits per heavy atom. The van der Waals surface area contributed by atoms with Gasteiger partial charge >= 0.3 is 0 Å². The van der Waals surface area contributed by atoms with Gasteiger partial charge in [0, 0.05) is 12.4 Å². The third-order valence-electron chi connectivity index (χ3n) is 5.80. The van der Waals surface area contributed by atoms with E-state index >= 15 is 0 Å². The highest BCUT2D eigenvalue weighted by Gasteiger charge is 2.38. The van der Waals surface area contributed by atoms with E-state index in [0.29, 0.717) is 11.4 Å². The van der Waals surface area contributed by atoms with Gasteiger partial charge in [0.1, 0.15) is 11.2 Å². The lowest BCUT2D eigenvalue weighted by Crippen LogP contribution is -2.37. The number of hydrogen-bond donors (Lipinski definition) is 0. The quantitative estimate of drug-likeness (QED) is 0.271. The van der Waals surface area contributed by atoms with Gasteiger partial charge in [0.05, 0.1) is 18.4 Å². The van der Waals surface area contributed by atoms with Crippen molar-refractivity contribution in [2.75, 3.05) is 0 Å². The minimum atomic E-state index is -0.693. The summed E-state index contributed by atoms with van der Waals surface area (Å²) in [4.78, 5) is 17.5. The number of aromatic nitrogens is 4. The van der Waals surface area contributed by atoms with Crippen LogP contribution in [0.2, 0.25) is 0 Å². The van der Waals surface area contributed by atoms with E-state index in [-0.39, 0.29) is 12.2 Å². The molecular weight excluding hydrogens is 408 g/mol. The molecule has 2 heterocycles. The number of hydrogen-bond acceptors (Lipinski definition) is 4. The lowest BCUT2D eigenvalue weighted by molar-refractivity contribution is 0.0987. The Balaban J connectivity index is 1.68. The maximum atomic E-state index is 13.0. The van der Waals surface area contributed by atoms with Crippen LogP contribution in [0.3, 0.4) is 0 Å². The molecule has 33 heavy (non-hydrogen) atoms. The van der Waals surface area contributed by atoms with Gasteiger partial charge in [0.25, 0.3) is 0 Å². The summed E-state index contributed by atoms with van der Waals surface area (Å²) < 4.78 is 2.04. The van der Waals surface area contributed by atoms with Crippen LogP contribution in [0.15, 0.2) is 122 Å². The lowest BCUT2D eigenvalue weighted by atomic mass is 9.77. The lowest BCUT2D eigenvalue weighted by Gasteiger charge is -2.37. The van der Waals surface area contributed by atoms with Gasteiger partial charge in [-0.25, -0.2) is 4.98 Å². The number of rotatable bonds is 7. The van der Waals surface area contributed by atoms with Gasteiger partial charge in [-0.05, 0) is 28.8 Å². The molecule has 2 aromatic heterocycles. The van der Waals surface area contributed by atoms with Crippen molar-refractivity contribution in [3.8, 4) is 0 Å². The zero-order chi connectivity index (χ0) is 22.5. The van der Waals surface area contributed by atoms with Crippen molar-refractivity contribution in [1.82, 2.24) is 19.7 Å². The second kappa shape index (κ2) is 9.01. The molecule has 0 bridgehead atoms. The normalized spacial score (nSPS) is 11.3. The molecule has 5 rings (SSSR count). The highest BCUT2D eigenvalue weighted by Crippen LogP contribution is 2.40. The molecule has 0 radical (unpaired) electrons. The molecule has 5 heteroatoms. The van der Waals surface area contributed by atoms with Crippen molar-refractivity contribution in [3.63, 3.8) is 0 Å². The largest absolute Gasteiger partial charge is 0.318 e. The first kappa shape index (κ1) is 20.5. The summed E-state index contributed by atoms with van der Waals surface area (Å²) in [5, 5.41) is 7.90. The van der Waals surface area contributed by atoms with Crippen LogP contribution in [0.4, 0.5) is 0 Å². The summed E-state index contributed by atoms with van der Waals surface area (Å²) in [5.74, 6) is -0.0997. The first-order chi connectivity index (χ1) is 16.3. The summed E-state index contributed by atoms with van der Waals surface area (Å²) in [6, 6.07) is 34.5. The molecule has 0 aliphatic carbocycles. The zero-order valence-corrected chi connectivity index (χ0v) is 18.0. The SMILES string of the molecule is O=C(Cc1cccnn1)c1cn(C(c2ccccc2)(c2ccccc2)c2ccccc2)cn1. The van der Waals surface area contributed by atoms with Crippen LogP contribution >= 0.6 is 0 Å². The highest BCUT2D eigenvalue weighted by molar-refractivity contribution is 5.95. The molecule has 0 aliphatic heterocycles. The van der Waals surface area contributed by atoms with Crippen LogP contribution in [-0.4, -0.2) is 25.5 Å². The monoisotopic (exact) mass is 430 g/mol. The van der Waals surface area contributed by atoms with E-state index in [1.165, 1.54) is 0 Å². The van der Waals surface area contributed by atoms with Crippen molar-refractivity contribution < 1.29 is 4.79 Å². The molecule has 0 saturated carbocycles. The fourth-order valence-corrected chi connectivity index (χ4v) is 4.32. The maximum Gasteiger partial charge on any atom is 0.188 e. The number of benzene rings is 3. The Kier molecular flexibility index (Phi) is 5.60. The molecule has 0 amide bonds. The molecular formula is C28H22N4O. The molecule has 0 unspecified atom stereocenters. The minimum Gasteiger partial charge on any atom is -0.318 e. The van der Waals surface area contributed by atoms with Crippen molar-refractivity contribution in [3.05, 3.63) is 150 Å². The predicted octanol–water partition coefficient (Wildman–Crippen LogP) is 4.94. The third-order valence-corrected chi connectivity index (χ3v) is 5.80. The average molecular weight is 431 g/mol. The van der Waals surface area contributed by atoms with Gasteiger partial charge in [0.15, 0.2) is 5.78 Å². The Bertz CT molecular complexity index is 1240. The highest BCUT2D eigenvalue weighted by atomic mass is 16.1. The number of carbonyl (C=O) groups excluding carboxylic acids is 1. The summed E-state index contributed by atoms with van der Waals surface area (Å²) in [6.07, 6.45) is 5.33. The molecule has 0 aliphatic rings. The Morgan fingerprint density at radius 2 is 1.27 bits per heavy atom. The van der Waals surface area contributed by atoms with Gasteiger partial charge in [-0.1, -0.05) is 91.0 Å². The Labute approximate surface area is 192 Å². The summed E-state index contributed by atoms with van der Waals surface area (Å²) in [5.41, 5.74) is 3.56. The first-order valence-corrected chi connectivity index (χ1v) is 10.8. The fourth-order valence-electron chi connectivity index (χ4n) is 4.32. The molecule has 160 valence electrons. The van der Waals surface area contributed by atoms with Crippen LogP contribution in [0.1, 0.15) is 32.9 Å². The summed E-state index contributed by atoms with van der Waals surface area (Å²) in [7, 11) is 0. The number of carbonyl (C=O) groups is 1. The molecule has 5 aromatic rings. The van der Waals surface area contributed by atoms with Gasteiger partial charge in [-0.15, -0.1) is 0 Å². The predicted molar refractivity (Wildman–Crippen MR) is 127 cm³/mol. The molecule has 0 spiro atoms. The third kappa shape index (κ3) is 3.85. The van der Waals surface area contributed by atoms with E-state index < -0.39 is 5.54 Å². The summed E-state index contributed by atoms with van der Waals surface area (Å²) >= 11 is 0. The molecule has 0 saturated heterocycles. The van der Waals surface area contributed by atoms with Crippen LogP contribution in [-0.2, 0) is 12.0 Å². The average Bonchev–Trinajstić information content (AvgIpc) is 3.38. The van der Waals surface area contributed by atoms with Crippen LogP contribution < -0.4 is 0 Å². The zero-order valence-electron chi connectivity index (χ0n) is 18.0. The maximum absolute atomic E-state index is 13.0. The van der Waals surface area contributed by atoms with Gasteiger partial charge in [0.2, 0.25) is 0 Å². The van der Waals surface area contributed by atoms with E-state index in [1.807, 2.05) is 65.4 Å². The van der Waals surface area contributed by atoms with E-state index in [9.17, 15) is 4.79 Å². The second-order valence-electron chi connectivity index (χ2n) is 7.79. The minimum absolute atomic E-state index is 0.0997. The van der Waals surface area contributed by atoms with Gasteiger partial charge in [-0.3, -0.25) is 4.79 Å². The molecule has 5 nitrogen and oxygen atoms in total. The molecule has 0 atom stereocenters. The molecule has 3 aromatic carbocycles. The van der Waals surface area contributed by atoms with Crippen molar-refractivity contribution in [2.45, 2.75) is 12.0 Å². The van der Waals surface area contributed by atoms with Crippen LogP contribution in [0.25, 0.3) is 0 Å². The van der Waals surface area contributed by atoms with Crippen molar-refractivity contribution in [2.24, 2.45) is 0 Å². The number of imidazole rings is 1. The fraction of sp³-hybridized carbons (Fsp3) is 0.0714. The Hall–Kier alpha value is -4.38. The van der Waals surface area contributed by atoms with E-state index in [4.69, 9.17) is 0 Å². The van der Waals surface area contributed by atoms with E-state index in [1.54, 1.807) is 24.7 Å². The van der Waals surface area contributed by atoms with Crippen molar-refractivity contribution in [1.29, 1.82) is 0 Å². The van der Waals surface area contributed by atoms with Gasteiger partial charge in [-0.2, -0.15) is 10.2 Å². The van der Waals surface area contributed by atoms with Crippen LogP contribution in [0.5, 0.6) is 0 Å². The number of ketones is 1. The number of Topliss-reactive ketones (excluding diaryl/α,β-unsaturated/α-hetero) is 1. The second-order valence-corrected chi connectivity index (χ2v) is 7.79. The Morgan fingerprint density at radius 3 is 1.76 bits per heavy atom. The standard InChI is InChI=1S/C28H22N4O/c33-27(19-25-17-10-18-30-31-25)26-20-32(21-29-26)28(22-11-4-1-5-12-22,23-13-6-2-7-14-23)24-15-8-3-9-16-24/h1-18,20-21H,19H2. The first-order valence-electron chi connectivity index (χ1n) is 10.8. The van der Waals surface area contributed by atoms with E-state index in [0.717, 1.165) is 16.7 Å². The number of nitrogens with zero attached hydrogens (tertiary/aromatic N) is 4. The molecule has 0 fully saturated rings. The smallest absolute Gasteiger partial charge is 0.188 e. The van der Waals surface area contributed by atoms with Gasteiger partial charge < -0.3 is 4.57 Å². The van der Waals surface area contributed by atoms with E-state index in [2.05, 4.69) is 51.6 Å².